The minimum atomic E-state index is -1.47. The molecule has 9 atom stereocenters. The number of nitrogens with zero attached hydrogens (tertiary/aromatic N) is 7. The highest BCUT2D eigenvalue weighted by molar-refractivity contribution is 5.99. The van der Waals surface area contributed by atoms with E-state index in [0.29, 0.717) is 12.0 Å². The van der Waals surface area contributed by atoms with Gasteiger partial charge >= 0.3 is 0 Å². The summed E-state index contributed by atoms with van der Waals surface area (Å²) in [5.41, 5.74) is 6.22. The lowest BCUT2D eigenvalue weighted by atomic mass is 9.96. The van der Waals surface area contributed by atoms with Crippen LogP contribution in [0.25, 0.3) is 0 Å². The van der Waals surface area contributed by atoms with Gasteiger partial charge in [-0.15, -0.1) is 0 Å². The van der Waals surface area contributed by atoms with Crippen LogP contribution in [-0.2, 0) is 64.1 Å². The van der Waals surface area contributed by atoms with Crippen molar-refractivity contribution < 1.29 is 57.5 Å². The van der Waals surface area contributed by atoms with Crippen molar-refractivity contribution >= 4 is 70.9 Å². The Bertz CT molecular complexity index is 2580. The lowest BCUT2D eigenvalue weighted by Gasteiger charge is -2.38. The van der Waals surface area contributed by atoms with E-state index in [4.69, 9.17) is 5.73 Å². The van der Waals surface area contributed by atoms with Gasteiger partial charge in [-0.1, -0.05) is 127 Å². The maximum Gasteiger partial charge on any atom is 0.246 e. The summed E-state index contributed by atoms with van der Waals surface area (Å²) >= 11 is 0. The second-order valence-corrected chi connectivity index (χ2v) is 26.8. The van der Waals surface area contributed by atoms with Crippen LogP contribution < -0.4 is 27.0 Å². The fourth-order valence-electron chi connectivity index (χ4n) is 10.9. The lowest BCUT2D eigenvalue weighted by Crippen LogP contribution is -2.61. The van der Waals surface area contributed by atoms with E-state index in [-0.39, 0.29) is 87.5 Å². The van der Waals surface area contributed by atoms with Crippen molar-refractivity contribution in [2.45, 2.75) is 216 Å². The Kier molecular flexibility index (Phi) is 32.0. The van der Waals surface area contributed by atoms with Crippen molar-refractivity contribution in [1.29, 1.82) is 0 Å². The van der Waals surface area contributed by atoms with Crippen LogP contribution in [-0.4, -0.2) is 215 Å². The van der Waals surface area contributed by atoms with Crippen LogP contribution in [0.5, 0.6) is 0 Å². The van der Waals surface area contributed by atoms with Gasteiger partial charge in [0.1, 0.15) is 60.9 Å². The SMILES string of the molecule is CCC[C@@H]1NC(=O)[C@H](CC(C)C)N(C)C(=O)[C@H](CC(C)C)N(C)C(=O)CN(Cc2ccccc2)C(=O)[C@H](CC(C)C)N(C)C(=O)[C@@H](C)NC(=O)[C@@H](CCC(N)=O)NC(=O)[C@H](CC(C)C)N(C)C(=O)[C@H](C(C)C)NC(=O)[C@H](CC(C)C)N(C)C(=O)CN(C)C1=O. The molecule has 24 nitrogen and oxygen atoms in total. The van der Waals surface area contributed by atoms with Gasteiger partial charge in [0.15, 0.2) is 0 Å². The van der Waals surface area contributed by atoms with Gasteiger partial charge < -0.3 is 61.3 Å². The monoisotopic (exact) mass is 1250 g/mol. The number of primary amides is 1. The van der Waals surface area contributed by atoms with E-state index < -0.39 is 144 Å². The number of rotatable bonds is 18. The zero-order valence-electron chi connectivity index (χ0n) is 57.1. The summed E-state index contributed by atoms with van der Waals surface area (Å²) in [6, 6.07) is -2.11. The molecule has 1 fully saturated rings. The van der Waals surface area contributed by atoms with Gasteiger partial charge in [0, 0.05) is 55.3 Å². The normalized spacial score (nSPS) is 24.4. The molecule has 1 aliphatic heterocycles. The van der Waals surface area contributed by atoms with E-state index in [1.54, 1.807) is 44.2 Å². The summed E-state index contributed by atoms with van der Waals surface area (Å²) in [7, 11) is 8.60. The van der Waals surface area contributed by atoms with Crippen molar-refractivity contribution in [2.24, 2.45) is 41.2 Å². The van der Waals surface area contributed by atoms with Crippen LogP contribution in [0.1, 0.15) is 160 Å². The van der Waals surface area contributed by atoms with Gasteiger partial charge in [0.05, 0.1) is 6.54 Å². The molecule has 0 saturated carbocycles. The third-order valence-electron chi connectivity index (χ3n) is 16.2. The Morgan fingerprint density at radius 2 is 0.876 bits per heavy atom. The minimum Gasteiger partial charge on any atom is -0.370 e. The van der Waals surface area contributed by atoms with E-state index >= 15 is 9.59 Å². The summed E-state index contributed by atoms with van der Waals surface area (Å²) in [4.78, 5) is 183. The molecule has 1 aromatic rings. The Morgan fingerprint density at radius 1 is 0.472 bits per heavy atom. The second-order valence-electron chi connectivity index (χ2n) is 26.8. The van der Waals surface area contributed by atoms with Crippen LogP contribution in [0, 0.1) is 35.5 Å². The van der Waals surface area contributed by atoms with Gasteiger partial charge in [-0.3, -0.25) is 57.5 Å². The first-order valence-corrected chi connectivity index (χ1v) is 31.7. The number of carbonyl (C=O) groups excluding carboxylic acids is 12. The highest BCUT2D eigenvalue weighted by atomic mass is 16.2. The number of amides is 12. The molecule has 1 aliphatic rings. The molecular formula is C65H110N12O12. The Labute approximate surface area is 530 Å². The Hall–Kier alpha value is -7.14. The third-order valence-corrected chi connectivity index (χ3v) is 16.2. The standard InChI is InChI=1S/C65H110N12O12/c1-21-25-47-62(86)71(15)36-54(79)72(16)48(30-38(2)3)60(84)70-56(43(12)13)65(89)75(19)50(32-40(6)7)58(82)68-46(28-29-53(66)78)57(81)67-44(14)61(85)76(20)52(34-42(10)11)64(88)77(35-45-26-23-22-24-27-45)37-55(80)73(17)51(33-41(8)9)63(87)74(18)49(31-39(4)5)59(83)69-47/h22-24,26-27,38-44,46-52,56H,21,25,28-37H2,1-20H3,(H2,66,78)(H,67,81)(H,68,82)(H,69,83)(H,70,84)/t44-,46-,47+,48+,49+,50+,51+,52+,56+/m1/s1. The zero-order chi connectivity index (χ0) is 68.1. The molecule has 0 unspecified atom stereocenters. The number of benzene rings is 1. The topological polar surface area (TPSA) is 302 Å². The third kappa shape index (κ3) is 24.0. The molecule has 24 heteroatoms. The van der Waals surface area contributed by atoms with E-state index in [1.165, 1.54) is 83.5 Å². The Balaban J connectivity index is 3.01. The number of hydrogen-bond acceptors (Lipinski definition) is 12. The van der Waals surface area contributed by atoms with Crippen LogP contribution in [0.3, 0.4) is 0 Å². The van der Waals surface area contributed by atoms with Crippen molar-refractivity contribution in [2.75, 3.05) is 55.4 Å². The summed E-state index contributed by atoms with van der Waals surface area (Å²) in [6.07, 6.45) is 0.626. The van der Waals surface area contributed by atoms with Gasteiger partial charge in [0.25, 0.3) is 0 Å². The van der Waals surface area contributed by atoms with Crippen LogP contribution in [0.2, 0.25) is 0 Å². The van der Waals surface area contributed by atoms with E-state index in [0.717, 1.165) is 0 Å². The molecule has 0 spiro atoms. The minimum absolute atomic E-state index is 0.0789. The van der Waals surface area contributed by atoms with E-state index in [2.05, 4.69) is 21.3 Å². The molecule has 0 bridgehead atoms. The molecule has 1 saturated heterocycles. The zero-order valence-corrected chi connectivity index (χ0v) is 57.1. The summed E-state index contributed by atoms with van der Waals surface area (Å²) in [6.45, 7) is 24.2. The van der Waals surface area contributed by atoms with Crippen molar-refractivity contribution in [3.8, 4) is 0 Å². The molecule has 6 N–H and O–H groups in total. The quantitative estimate of drug-likeness (QED) is 0.141. The molecule has 12 amide bonds. The second kappa shape index (κ2) is 36.5. The van der Waals surface area contributed by atoms with E-state index in [9.17, 15) is 47.9 Å². The summed E-state index contributed by atoms with van der Waals surface area (Å²) in [5, 5.41) is 11.1. The van der Waals surface area contributed by atoms with Crippen molar-refractivity contribution in [3.05, 3.63) is 35.9 Å². The molecule has 89 heavy (non-hydrogen) atoms. The summed E-state index contributed by atoms with van der Waals surface area (Å²) < 4.78 is 0. The maximum absolute atomic E-state index is 15.3. The molecule has 0 aliphatic carbocycles. The average molecular weight is 1250 g/mol. The first-order chi connectivity index (χ1) is 41.4. The first kappa shape index (κ1) is 78.0. The van der Waals surface area contributed by atoms with Gasteiger partial charge in [0.2, 0.25) is 70.9 Å². The van der Waals surface area contributed by atoms with Crippen molar-refractivity contribution in [3.63, 3.8) is 0 Å². The predicted octanol–water partition coefficient (Wildman–Crippen LogP) is 3.53. The first-order valence-electron chi connectivity index (χ1n) is 31.7. The van der Waals surface area contributed by atoms with Crippen LogP contribution >= 0.6 is 0 Å². The predicted molar refractivity (Wildman–Crippen MR) is 341 cm³/mol. The molecule has 1 heterocycles. The van der Waals surface area contributed by atoms with Gasteiger partial charge in [-0.05, 0) is 92.9 Å². The molecule has 2 rings (SSSR count). The largest absolute Gasteiger partial charge is 0.370 e. The fourth-order valence-corrected chi connectivity index (χ4v) is 10.9. The number of likely N-dealkylation sites (N-methyl/N-ethyl adjacent to an activating group) is 6. The number of hydrogen-bond donors (Lipinski definition) is 5. The molecule has 0 aromatic heterocycles. The van der Waals surface area contributed by atoms with Crippen LogP contribution in [0.4, 0.5) is 0 Å². The average Bonchev–Trinajstić information content (AvgIpc) is 3.49. The molecule has 0 radical (unpaired) electrons. The number of nitrogens with one attached hydrogen (secondary N) is 4. The number of carbonyl (C=O) groups is 12. The van der Waals surface area contributed by atoms with E-state index in [1.807, 2.05) is 76.2 Å². The lowest BCUT2D eigenvalue weighted by molar-refractivity contribution is -0.152. The Morgan fingerprint density at radius 3 is 1.34 bits per heavy atom. The molecule has 502 valence electrons. The van der Waals surface area contributed by atoms with Crippen LogP contribution in [0.15, 0.2) is 30.3 Å². The molecule has 1 aromatic carbocycles. The smallest absolute Gasteiger partial charge is 0.246 e. The van der Waals surface area contributed by atoms with Gasteiger partial charge in [-0.25, -0.2) is 0 Å². The van der Waals surface area contributed by atoms with Crippen molar-refractivity contribution in [1.82, 2.24) is 55.6 Å². The molecular weight excluding hydrogens is 1140 g/mol. The summed E-state index contributed by atoms with van der Waals surface area (Å²) in [5.74, 6) is -9.49. The number of nitrogens with two attached hydrogens (primary N) is 1. The fraction of sp³-hybridized carbons (Fsp3) is 0.723. The maximum atomic E-state index is 15.3. The highest BCUT2D eigenvalue weighted by Gasteiger charge is 2.42. The highest BCUT2D eigenvalue weighted by Crippen LogP contribution is 2.23. The van der Waals surface area contributed by atoms with Gasteiger partial charge in [-0.2, -0.15) is 0 Å².